The van der Waals surface area contributed by atoms with Crippen LogP contribution in [0.3, 0.4) is 0 Å². The van der Waals surface area contributed by atoms with Gasteiger partial charge in [0.05, 0.1) is 15.8 Å². The van der Waals surface area contributed by atoms with E-state index in [2.05, 4.69) is 15.5 Å². The molecule has 0 saturated heterocycles. The van der Waals surface area contributed by atoms with E-state index in [9.17, 15) is 4.39 Å². The molecule has 0 bridgehead atoms. The number of halogens is 2. The minimum atomic E-state index is -0.240. The number of aryl methyl sites for hydroxylation is 1. The Morgan fingerprint density at radius 3 is 2.82 bits per heavy atom. The third-order valence-electron chi connectivity index (χ3n) is 2.19. The summed E-state index contributed by atoms with van der Waals surface area (Å²) in [6.45, 7) is 2.34. The average molecular weight is 347 g/mol. The summed E-state index contributed by atoms with van der Waals surface area (Å²) in [6.07, 6.45) is 0.713. The Hall–Kier alpha value is -1.18. The van der Waals surface area contributed by atoms with Gasteiger partial charge in [-0.3, -0.25) is 0 Å². The number of aromatic nitrogens is 2. The fourth-order valence-electron chi connectivity index (χ4n) is 1.31. The molecule has 2 aromatic rings. The number of nitrogens with one attached hydrogen (secondary N) is 1. The molecule has 0 aliphatic rings. The lowest BCUT2D eigenvalue weighted by Gasteiger charge is -2.06. The Morgan fingerprint density at radius 1 is 1.35 bits per heavy atom. The Kier molecular flexibility index (Phi) is 3.93. The molecule has 17 heavy (non-hydrogen) atoms. The predicted octanol–water partition coefficient (Wildman–Crippen LogP) is 2.99. The van der Waals surface area contributed by atoms with Crippen LogP contribution in [0.2, 0.25) is 0 Å². The van der Waals surface area contributed by atoms with Gasteiger partial charge in [-0.15, -0.1) is 10.2 Å². The van der Waals surface area contributed by atoms with Crippen molar-refractivity contribution in [3.63, 3.8) is 0 Å². The van der Waals surface area contributed by atoms with Crippen LogP contribution in [0.25, 0.3) is 0 Å². The minimum Gasteiger partial charge on any atom is -0.423 e. The lowest BCUT2D eigenvalue weighted by atomic mass is 10.3. The Bertz CT molecular complexity index is 515. The summed E-state index contributed by atoms with van der Waals surface area (Å²) in [5.41, 5.74) is 0.724. The van der Waals surface area contributed by atoms with E-state index in [1.54, 1.807) is 6.07 Å². The highest BCUT2D eigenvalue weighted by Crippen LogP contribution is 2.21. The number of hydrogen-bond acceptors (Lipinski definition) is 4. The second kappa shape index (κ2) is 5.44. The molecule has 0 saturated carbocycles. The number of hydrogen-bond donors (Lipinski definition) is 1. The third-order valence-corrected chi connectivity index (χ3v) is 3.29. The monoisotopic (exact) mass is 347 g/mol. The summed E-state index contributed by atoms with van der Waals surface area (Å²) in [5.74, 6) is 0.869. The first-order chi connectivity index (χ1) is 8.20. The van der Waals surface area contributed by atoms with E-state index in [-0.39, 0.29) is 5.82 Å². The molecule has 0 radical (unpaired) electrons. The SMILES string of the molecule is CCc1nnc(CNc2cccc(F)c2I)o1. The van der Waals surface area contributed by atoms with Gasteiger partial charge in [0.2, 0.25) is 11.8 Å². The topological polar surface area (TPSA) is 51.0 Å². The molecular weight excluding hydrogens is 336 g/mol. The fourth-order valence-corrected chi connectivity index (χ4v) is 1.86. The molecule has 1 aromatic heterocycles. The van der Waals surface area contributed by atoms with Gasteiger partial charge in [0.25, 0.3) is 0 Å². The maximum atomic E-state index is 13.3. The second-order valence-electron chi connectivity index (χ2n) is 3.40. The Morgan fingerprint density at radius 2 is 2.12 bits per heavy atom. The normalized spacial score (nSPS) is 10.5. The van der Waals surface area contributed by atoms with Crippen LogP contribution in [-0.4, -0.2) is 10.2 Å². The molecule has 0 spiro atoms. The fraction of sp³-hybridized carbons (Fsp3) is 0.273. The Labute approximate surface area is 112 Å². The second-order valence-corrected chi connectivity index (χ2v) is 4.48. The molecule has 1 heterocycles. The van der Waals surface area contributed by atoms with Gasteiger partial charge in [-0.2, -0.15) is 0 Å². The van der Waals surface area contributed by atoms with Crippen LogP contribution >= 0.6 is 22.6 Å². The zero-order chi connectivity index (χ0) is 12.3. The van der Waals surface area contributed by atoms with Crippen LogP contribution in [0.5, 0.6) is 0 Å². The largest absolute Gasteiger partial charge is 0.423 e. The van der Waals surface area contributed by atoms with Crippen LogP contribution in [-0.2, 0) is 13.0 Å². The molecular formula is C11H11FIN3O. The molecule has 90 valence electrons. The Balaban J connectivity index is 2.04. The molecule has 0 aliphatic carbocycles. The van der Waals surface area contributed by atoms with Gasteiger partial charge in [0.1, 0.15) is 5.82 Å². The summed E-state index contributed by atoms with van der Waals surface area (Å²) < 4.78 is 19.2. The molecule has 1 aromatic carbocycles. The first-order valence-corrected chi connectivity index (χ1v) is 6.27. The third kappa shape index (κ3) is 2.93. The van der Waals surface area contributed by atoms with E-state index in [0.717, 1.165) is 5.69 Å². The number of rotatable bonds is 4. The van der Waals surface area contributed by atoms with Gasteiger partial charge >= 0.3 is 0 Å². The van der Waals surface area contributed by atoms with E-state index in [0.29, 0.717) is 28.3 Å². The molecule has 2 rings (SSSR count). The zero-order valence-electron chi connectivity index (χ0n) is 9.20. The van der Waals surface area contributed by atoms with Crippen molar-refractivity contribution in [2.45, 2.75) is 19.9 Å². The predicted molar refractivity (Wildman–Crippen MR) is 70.1 cm³/mol. The van der Waals surface area contributed by atoms with Gasteiger partial charge in [-0.1, -0.05) is 13.0 Å². The molecule has 0 fully saturated rings. The van der Waals surface area contributed by atoms with Crippen molar-refractivity contribution in [2.75, 3.05) is 5.32 Å². The van der Waals surface area contributed by atoms with Crippen molar-refractivity contribution < 1.29 is 8.81 Å². The molecule has 4 nitrogen and oxygen atoms in total. The number of nitrogens with zero attached hydrogens (tertiary/aromatic N) is 2. The molecule has 6 heteroatoms. The van der Waals surface area contributed by atoms with Gasteiger partial charge in [-0.05, 0) is 34.7 Å². The van der Waals surface area contributed by atoms with Crippen molar-refractivity contribution in [2.24, 2.45) is 0 Å². The van der Waals surface area contributed by atoms with Crippen molar-refractivity contribution in [3.8, 4) is 0 Å². The van der Waals surface area contributed by atoms with Gasteiger partial charge in [-0.25, -0.2) is 4.39 Å². The van der Waals surface area contributed by atoms with Crippen molar-refractivity contribution in [1.29, 1.82) is 0 Å². The van der Waals surface area contributed by atoms with Gasteiger partial charge < -0.3 is 9.73 Å². The van der Waals surface area contributed by atoms with E-state index < -0.39 is 0 Å². The van der Waals surface area contributed by atoms with Crippen LogP contribution < -0.4 is 5.32 Å². The lowest BCUT2D eigenvalue weighted by Crippen LogP contribution is -2.02. The van der Waals surface area contributed by atoms with Crippen LogP contribution in [0.4, 0.5) is 10.1 Å². The smallest absolute Gasteiger partial charge is 0.235 e. The van der Waals surface area contributed by atoms with Crippen LogP contribution in [0.1, 0.15) is 18.7 Å². The average Bonchev–Trinajstić information content (AvgIpc) is 2.79. The molecule has 0 atom stereocenters. The molecule has 1 N–H and O–H groups in total. The maximum absolute atomic E-state index is 13.3. The zero-order valence-corrected chi connectivity index (χ0v) is 11.4. The number of anilines is 1. The van der Waals surface area contributed by atoms with Crippen LogP contribution in [0.15, 0.2) is 22.6 Å². The number of benzene rings is 1. The summed E-state index contributed by atoms with van der Waals surface area (Å²) in [7, 11) is 0. The van der Waals surface area contributed by atoms with Crippen molar-refractivity contribution in [3.05, 3.63) is 39.4 Å². The summed E-state index contributed by atoms with van der Waals surface area (Å²) >= 11 is 1.96. The lowest BCUT2D eigenvalue weighted by molar-refractivity contribution is 0.460. The maximum Gasteiger partial charge on any atom is 0.235 e. The summed E-state index contributed by atoms with van der Waals surface area (Å²) in [6, 6.07) is 4.89. The van der Waals surface area contributed by atoms with Gasteiger partial charge in [0, 0.05) is 6.42 Å². The first kappa shape index (κ1) is 12.3. The summed E-state index contributed by atoms with van der Waals surface area (Å²) in [4.78, 5) is 0. The van der Waals surface area contributed by atoms with Crippen molar-refractivity contribution >= 4 is 28.3 Å². The van der Waals surface area contributed by atoms with E-state index in [1.807, 2.05) is 35.6 Å². The molecule has 0 unspecified atom stereocenters. The highest BCUT2D eigenvalue weighted by Gasteiger charge is 2.07. The van der Waals surface area contributed by atoms with Crippen molar-refractivity contribution in [1.82, 2.24) is 10.2 Å². The van der Waals surface area contributed by atoms with E-state index in [1.165, 1.54) is 6.07 Å². The van der Waals surface area contributed by atoms with Gasteiger partial charge in [0.15, 0.2) is 0 Å². The minimum absolute atomic E-state index is 0.240. The highest BCUT2D eigenvalue weighted by molar-refractivity contribution is 14.1. The molecule has 0 aliphatic heterocycles. The molecule has 0 amide bonds. The van der Waals surface area contributed by atoms with Crippen LogP contribution in [0, 0.1) is 9.39 Å². The van der Waals surface area contributed by atoms with E-state index in [4.69, 9.17) is 4.42 Å². The quantitative estimate of drug-likeness (QED) is 0.864. The van der Waals surface area contributed by atoms with E-state index >= 15 is 0 Å². The highest BCUT2D eigenvalue weighted by atomic mass is 127. The summed E-state index contributed by atoms with van der Waals surface area (Å²) in [5, 5.41) is 10.8. The standard InChI is InChI=1S/C11H11FIN3O/c1-2-9-15-16-10(17-9)6-14-8-5-3-4-7(12)11(8)13/h3-5,14H,2,6H2,1H3. The first-order valence-electron chi connectivity index (χ1n) is 5.20.